The molecule has 0 fully saturated rings. The van der Waals surface area contributed by atoms with Crippen LogP contribution in [-0.4, -0.2) is 32.4 Å². The maximum atomic E-state index is 12.6. The molecule has 0 unspecified atom stereocenters. The second-order valence-electron chi connectivity index (χ2n) is 9.19. The first-order valence-corrected chi connectivity index (χ1v) is 12.4. The van der Waals surface area contributed by atoms with Crippen LogP contribution in [-0.2, 0) is 17.8 Å². The monoisotopic (exact) mass is 527 g/mol. The number of benzene rings is 2. The summed E-state index contributed by atoms with van der Waals surface area (Å²) in [7, 11) is 0. The van der Waals surface area contributed by atoms with Crippen molar-refractivity contribution in [2.24, 2.45) is 0 Å². The van der Waals surface area contributed by atoms with Crippen LogP contribution in [0.25, 0.3) is 10.8 Å². The van der Waals surface area contributed by atoms with E-state index in [0.717, 1.165) is 22.5 Å². The van der Waals surface area contributed by atoms with E-state index in [1.165, 1.54) is 4.57 Å². The summed E-state index contributed by atoms with van der Waals surface area (Å²) in [5.74, 6) is -0.675. The van der Waals surface area contributed by atoms with Crippen LogP contribution in [0, 0.1) is 0 Å². The number of aromatic nitrogens is 1. The molecule has 0 radical (unpaired) electrons. The van der Waals surface area contributed by atoms with Crippen molar-refractivity contribution in [3.05, 3.63) is 74.9 Å². The summed E-state index contributed by atoms with van der Waals surface area (Å²) in [6, 6.07) is 15.7. The van der Waals surface area contributed by atoms with Crippen molar-refractivity contribution in [2.75, 3.05) is 5.32 Å². The number of halogens is 1. The van der Waals surface area contributed by atoms with Gasteiger partial charge in [-0.3, -0.25) is 9.36 Å². The predicted octanol–water partition coefficient (Wildman–Crippen LogP) is 6.09. The zero-order valence-electron chi connectivity index (χ0n) is 20.0. The Morgan fingerprint density at radius 2 is 1.75 bits per heavy atom. The first kappa shape index (κ1) is 25.4. The van der Waals surface area contributed by atoms with E-state index in [1.807, 2.05) is 24.3 Å². The minimum absolute atomic E-state index is 0.130. The van der Waals surface area contributed by atoms with Gasteiger partial charge in [-0.25, -0.2) is 4.79 Å². The molecule has 2 heterocycles. The molecule has 2 amide bonds. The third kappa shape index (κ3) is 5.75. The molecule has 0 aliphatic heterocycles. The number of alkyl carbamates (subject to hydrolysis) is 1. The zero-order chi connectivity index (χ0) is 26.0. The molecule has 36 heavy (non-hydrogen) atoms. The Balaban J connectivity index is 1.56. The number of rotatable bonds is 6. The Bertz CT molecular complexity index is 1440. The average Bonchev–Trinajstić information content (AvgIpc) is 3.35. The standard InChI is InChI=1S/C26H26ClN3O5S/c1-26(2,3)35-25(34)28-13-15-6-4-7-16(12-15)14-30-23(32)17-8-5-9-18(21(17)24(30)33)29-22(31)19-10-11-20(27)36-19/h4-12,32-33H,13-14H2,1-3H3,(H,28,34)(H,29,31). The van der Waals surface area contributed by atoms with Crippen molar-refractivity contribution in [2.45, 2.75) is 39.5 Å². The van der Waals surface area contributed by atoms with Crippen molar-refractivity contribution in [1.29, 1.82) is 0 Å². The van der Waals surface area contributed by atoms with Gasteiger partial charge in [-0.05, 0) is 56.2 Å². The molecule has 2 aromatic heterocycles. The second kappa shape index (κ2) is 10.1. The van der Waals surface area contributed by atoms with Crippen LogP contribution in [0.15, 0.2) is 54.6 Å². The first-order valence-electron chi connectivity index (χ1n) is 11.2. The fourth-order valence-electron chi connectivity index (χ4n) is 3.74. The molecule has 0 aliphatic rings. The van der Waals surface area contributed by atoms with Crippen molar-refractivity contribution >= 4 is 51.4 Å². The Morgan fingerprint density at radius 1 is 1.03 bits per heavy atom. The Kier molecular flexibility index (Phi) is 7.14. The number of fused-ring (bicyclic) bond motifs is 1. The number of nitrogens with zero attached hydrogens (tertiary/aromatic N) is 1. The molecule has 4 rings (SSSR count). The van der Waals surface area contributed by atoms with E-state index in [0.29, 0.717) is 25.7 Å². The second-order valence-corrected chi connectivity index (χ2v) is 10.9. The summed E-state index contributed by atoms with van der Waals surface area (Å²) >= 11 is 7.08. The quantitative estimate of drug-likeness (QED) is 0.242. The van der Waals surface area contributed by atoms with Crippen molar-refractivity contribution in [3.8, 4) is 11.8 Å². The van der Waals surface area contributed by atoms with Gasteiger partial charge in [0.1, 0.15) is 5.60 Å². The summed E-state index contributed by atoms with van der Waals surface area (Å²) in [5, 5.41) is 28.1. The third-order valence-electron chi connectivity index (χ3n) is 5.25. The molecule has 4 N–H and O–H groups in total. The van der Waals surface area contributed by atoms with Gasteiger partial charge in [-0.2, -0.15) is 0 Å². The fraction of sp³-hybridized carbons (Fsp3) is 0.231. The van der Waals surface area contributed by atoms with Gasteiger partial charge in [0.15, 0.2) is 0 Å². The fourth-order valence-corrected chi connectivity index (χ4v) is 4.68. The van der Waals surface area contributed by atoms with E-state index >= 15 is 0 Å². The molecule has 4 aromatic rings. The largest absolute Gasteiger partial charge is 0.494 e. The number of carbonyl (C=O) groups is 2. The molecule has 0 saturated heterocycles. The summed E-state index contributed by atoms with van der Waals surface area (Å²) < 4.78 is 7.12. The Morgan fingerprint density at radius 3 is 2.44 bits per heavy atom. The van der Waals surface area contributed by atoms with Gasteiger partial charge < -0.3 is 25.6 Å². The lowest BCUT2D eigenvalue weighted by atomic mass is 10.1. The number of hydrogen-bond donors (Lipinski definition) is 4. The molecule has 188 valence electrons. The topological polar surface area (TPSA) is 113 Å². The van der Waals surface area contributed by atoms with Crippen molar-refractivity contribution in [1.82, 2.24) is 9.88 Å². The summed E-state index contributed by atoms with van der Waals surface area (Å²) in [5.41, 5.74) is 1.40. The van der Waals surface area contributed by atoms with E-state index in [9.17, 15) is 19.8 Å². The van der Waals surface area contributed by atoms with Gasteiger partial charge in [-0.1, -0.05) is 41.9 Å². The molecule has 8 nitrogen and oxygen atoms in total. The van der Waals surface area contributed by atoms with Crippen molar-refractivity contribution in [3.63, 3.8) is 0 Å². The number of carbonyl (C=O) groups excluding carboxylic acids is 2. The lowest BCUT2D eigenvalue weighted by Crippen LogP contribution is -2.32. The SMILES string of the molecule is CC(C)(C)OC(=O)NCc1cccc(Cn2c(O)c3cccc(NC(=O)c4ccc(Cl)s4)c3c2O)c1. The number of ether oxygens (including phenoxy) is 1. The van der Waals surface area contributed by atoms with Gasteiger partial charge in [-0.15, -0.1) is 11.3 Å². The Hall–Kier alpha value is -3.69. The first-order chi connectivity index (χ1) is 17.0. The number of hydrogen-bond acceptors (Lipinski definition) is 6. The van der Waals surface area contributed by atoms with E-state index in [2.05, 4.69) is 10.6 Å². The smallest absolute Gasteiger partial charge is 0.407 e. The third-order valence-corrected chi connectivity index (χ3v) is 6.48. The average molecular weight is 528 g/mol. The molecule has 0 bridgehead atoms. The van der Waals surface area contributed by atoms with Crippen LogP contribution in [0.4, 0.5) is 10.5 Å². The zero-order valence-corrected chi connectivity index (χ0v) is 21.5. The van der Waals surface area contributed by atoms with Gasteiger partial charge in [0.25, 0.3) is 5.91 Å². The minimum Gasteiger partial charge on any atom is -0.494 e. The number of anilines is 1. The highest BCUT2D eigenvalue weighted by atomic mass is 35.5. The van der Waals surface area contributed by atoms with Gasteiger partial charge in [0.05, 0.1) is 26.8 Å². The molecule has 0 saturated carbocycles. The van der Waals surface area contributed by atoms with Crippen molar-refractivity contribution < 1.29 is 24.5 Å². The summed E-state index contributed by atoms with van der Waals surface area (Å²) in [4.78, 5) is 25.0. The molecule has 0 atom stereocenters. The number of aromatic hydroxyl groups is 2. The predicted molar refractivity (Wildman–Crippen MR) is 141 cm³/mol. The summed E-state index contributed by atoms with van der Waals surface area (Å²) in [6.07, 6.45) is -0.515. The molecule has 2 aromatic carbocycles. The molecule has 0 aliphatic carbocycles. The van der Waals surface area contributed by atoms with Crippen LogP contribution >= 0.6 is 22.9 Å². The van der Waals surface area contributed by atoms with E-state index in [1.54, 1.807) is 51.1 Å². The molecular formula is C26H26ClN3O5S. The number of nitrogens with one attached hydrogen (secondary N) is 2. The van der Waals surface area contributed by atoms with Crippen LogP contribution in [0.3, 0.4) is 0 Å². The van der Waals surface area contributed by atoms with E-state index in [-0.39, 0.29) is 30.8 Å². The van der Waals surface area contributed by atoms with Crippen LogP contribution in [0.5, 0.6) is 11.8 Å². The highest BCUT2D eigenvalue weighted by Crippen LogP contribution is 2.41. The molecular weight excluding hydrogens is 502 g/mol. The highest BCUT2D eigenvalue weighted by Gasteiger charge is 2.21. The highest BCUT2D eigenvalue weighted by molar-refractivity contribution is 7.18. The lowest BCUT2D eigenvalue weighted by molar-refractivity contribution is 0.0523. The molecule has 0 spiro atoms. The van der Waals surface area contributed by atoms with Gasteiger partial charge >= 0.3 is 6.09 Å². The minimum atomic E-state index is -0.591. The van der Waals surface area contributed by atoms with Crippen LogP contribution in [0.2, 0.25) is 4.34 Å². The maximum absolute atomic E-state index is 12.6. The number of amides is 2. The molecule has 10 heteroatoms. The summed E-state index contributed by atoms with van der Waals surface area (Å²) in [6.45, 7) is 5.81. The van der Waals surface area contributed by atoms with Gasteiger partial charge in [0, 0.05) is 11.9 Å². The van der Waals surface area contributed by atoms with Crippen LogP contribution in [0.1, 0.15) is 41.6 Å². The number of thiophene rings is 1. The van der Waals surface area contributed by atoms with E-state index < -0.39 is 11.7 Å². The normalized spacial score (nSPS) is 11.4. The Labute approximate surface area is 217 Å². The van der Waals surface area contributed by atoms with Crippen LogP contribution < -0.4 is 10.6 Å². The van der Waals surface area contributed by atoms with Gasteiger partial charge in [0.2, 0.25) is 11.8 Å². The lowest BCUT2D eigenvalue weighted by Gasteiger charge is -2.19. The maximum Gasteiger partial charge on any atom is 0.407 e. The van der Waals surface area contributed by atoms with E-state index in [4.69, 9.17) is 16.3 Å².